The lowest BCUT2D eigenvalue weighted by atomic mass is 10.1. The zero-order valence-corrected chi connectivity index (χ0v) is 15.7. The number of nitrogens with zero attached hydrogens (tertiary/aromatic N) is 1. The monoisotopic (exact) mass is 397 g/mol. The standard InChI is InChI=1S/C21H20BrNO2/c1-2-15-3-9-18(10-4-15)23-19(12-14-21(24)25)11-13-20(23)16-5-7-17(22)8-6-16/h3-11,13H,2,12,14H2,1H3,(H,24,25). The highest BCUT2D eigenvalue weighted by Gasteiger charge is 2.13. The van der Waals surface area contributed by atoms with E-state index < -0.39 is 5.97 Å². The lowest BCUT2D eigenvalue weighted by Gasteiger charge is -2.14. The molecule has 0 saturated carbocycles. The van der Waals surface area contributed by atoms with Crippen molar-refractivity contribution in [2.45, 2.75) is 26.2 Å². The minimum atomic E-state index is -0.778. The van der Waals surface area contributed by atoms with E-state index in [2.05, 4.69) is 69.9 Å². The van der Waals surface area contributed by atoms with Crippen LogP contribution in [0.2, 0.25) is 0 Å². The number of halogens is 1. The summed E-state index contributed by atoms with van der Waals surface area (Å²) in [5, 5.41) is 9.04. The fraction of sp³-hybridized carbons (Fsp3) is 0.190. The first-order chi connectivity index (χ1) is 12.1. The molecule has 0 saturated heterocycles. The van der Waals surface area contributed by atoms with Gasteiger partial charge in [0, 0.05) is 15.9 Å². The Bertz CT molecular complexity index is 864. The van der Waals surface area contributed by atoms with Crippen LogP contribution in [0.4, 0.5) is 0 Å². The van der Waals surface area contributed by atoms with Gasteiger partial charge in [-0.1, -0.05) is 47.1 Å². The normalized spacial score (nSPS) is 10.8. The lowest BCUT2D eigenvalue weighted by molar-refractivity contribution is -0.136. The molecule has 25 heavy (non-hydrogen) atoms. The summed E-state index contributed by atoms with van der Waals surface area (Å²) in [7, 11) is 0. The average molecular weight is 398 g/mol. The summed E-state index contributed by atoms with van der Waals surface area (Å²) in [5.74, 6) is -0.778. The number of aliphatic carboxylic acids is 1. The van der Waals surface area contributed by atoms with Crippen molar-refractivity contribution >= 4 is 21.9 Å². The molecule has 0 unspecified atom stereocenters. The van der Waals surface area contributed by atoms with E-state index in [-0.39, 0.29) is 6.42 Å². The molecule has 0 spiro atoms. The van der Waals surface area contributed by atoms with E-state index >= 15 is 0 Å². The number of aromatic nitrogens is 1. The van der Waals surface area contributed by atoms with E-state index in [9.17, 15) is 4.79 Å². The Morgan fingerprint density at radius 1 is 1.00 bits per heavy atom. The largest absolute Gasteiger partial charge is 0.481 e. The number of rotatable bonds is 6. The summed E-state index contributed by atoms with van der Waals surface area (Å²) in [6, 6.07) is 20.7. The molecule has 3 rings (SSSR count). The summed E-state index contributed by atoms with van der Waals surface area (Å²) in [6.45, 7) is 2.14. The average Bonchev–Trinajstić information content (AvgIpc) is 3.04. The van der Waals surface area contributed by atoms with Gasteiger partial charge >= 0.3 is 5.97 Å². The molecule has 1 N–H and O–H groups in total. The fourth-order valence-electron chi connectivity index (χ4n) is 2.94. The van der Waals surface area contributed by atoms with Gasteiger partial charge in [0.25, 0.3) is 0 Å². The molecular formula is C21H20BrNO2. The van der Waals surface area contributed by atoms with Gasteiger partial charge in [0.05, 0.1) is 12.1 Å². The van der Waals surface area contributed by atoms with Crippen molar-refractivity contribution < 1.29 is 9.90 Å². The van der Waals surface area contributed by atoms with Gasteiger partial charge in [0.2, 0.25) is 0 Å². The maximum absolute atomic E-state index is 11.0. The second-order valence-electron chi connectivity index (χ2n) is 5.97. The molecule has 0 amide bonds. The predicted molar refractivity (Wildman–Crippen MR) is 104 cm³/mol. The molecule has 0 aliphatic carbocycles. The van der Waals surface area contributed by atoms with Gasteiger partial charge in [-0.2, -0.15) is 0 Å². The number of aryl methyl sites for hydroxylation is 2. The van der Waals surface area contributed by atoms with Crippen LogP contribution in [-0.2, 0) is 17.6 Å². The first-order valence-corrected chi connectivity index (χ1v) is 9.15. The molecule has 1 heterocycles. The predicted octanol–water partition coefficient (Wildman–Crippen LogP) is 5.49. The topological polar surface area (TPSA) is 42.2 Å². The van der Waals surface area contributed by atoms with Crippen molar-refractivity contribution in [3.63, 3.8) is 0 Å². The second kappa shape index (κ2) is 7.70. The second-order valence-corrected chi connectivity index (χ2v) is 6.88. The van der Waals surface area contributed by atoms with Crippen LogP contribution in [0.15, 0.2) is 65.1 Å². The summed E-state index contributed by atoms with van der Waals surface area (Å²) < 4.78 is 3.19. The summed E-state index contributed by atoms with van der Waals surface area (Å²) >= 11 is 3.47. The van der Waals surface area contributed by atoms with Gasteiger partial charge in [0.15, 0.2) is 0 Å². The quantitative estimate of drug-likeness (QED) is 0.597. The van der Waals surface area contributed by atoms with E-state index in [4.69, 9.17) is 5.11 Å². The van der Waals surface area contributed by atoms with Gasteiger partial charge in [-0.05, 0) is 60.4 Å². The van der Waals surface area contributed by atoms with Crippen molar-refractivity contribution in [2.24, 2.45) is 0 Å². The van der Waals surface area contributed by atoms with E-state index in [1.807, 2.05) is 18.2 Å². The third-order valence-corrected chi connectivity index (χ3v) is 4.83. The fourth-order valence-corrected chi connectivity index (χ4v) is 3.20. The maximum Gasteiger partial charge on any atom is 0.303 e. The lowest BCUT2D eigenvalue weighted by Crippen LogP contribution is -2.05. The molecule has 4 heteroatoms. The van der Waals surface area contributed by atoms with Crippen LogP contribution in [0.25, 0.3) is 16.9 Å². The van der Waals surface area contributed by atoms with E-state index in [0.717, 1.165) is 33.5 Å². The Morgan fingerprint density at radius 3 is 2.28 bits per heavy atom. The minimum absolute atomic E-state index is 0.122. The molecule has 1 aromatic heterocycles. The van der Waals surface area contributed by atoms with Crippen LogP contribution in [0, 0.1) is 0 Å². The van der Waals surface area contributed by atoms with Crippen LogP contribution in [0.5, 0.6) is 0 Å². The van der Waals surface area contributed by atoms with Crippen LogP contribution < -0.4 is 0 Å². The first-order valence-electron chi connectivity index (χ1n) is 8.36. The number of carboxylic acids is 1. The number of benzene rings is 2. The van der Waals surface area contributed by atoms with Crippen LogP contribution in [0.3, 0.4) is 0 Å². The molecule has 2 aromatic carbocycles. The summed E-state index contributed by atoms with van der Waals surface area (Å²) in [5.41, 5.74) is 5.51. The van der Waals surface area contributed by atoms with Crippen molar-refractivity contribution in [1.29, 1.82) is 0 Å². The van der Waals surface area contributed by atoms with E-state index in [0.29, 0.717) is 6.42 Å². The molecule has 0 fully saturated rings. The summed E-state index contributed by atoms with van der Waals surface area (Å²) in [4.78, 5) is 11.0. The van der Waals surface area contributed by atoms with Crippen molar-refractivity contribution in [2.75, 3.05) is 0 Å². The number of carboxylic acid groups (broad SMARTS) is 1. The van der Waals surface area contributed by atoms with Gasteiger partial charge in [0.1, 0.15) is 0 Å². The number of carbonyl (C=O) groups is 1. The highest BCUT2D eigenvalue weighted by Crippen LogP contribution is 2.28. The maximum atomic E-state index is 11.0. The van der Waals surface area contributed by atoms with E-state index in [1.165, 1.54) is 5.56 Å². The van der Waals surface area contributed by atoms with Gasteiger partial charge in [-0.3, -0.25) is 4.79 Å². The molecule has 0 atom stereocenters. The van der Waals surface area contributed by atoms with Crippen LogP contribution >= 0.6 is 15.9 Å². The van der Waals surface area contributed by atoms with Crippen LogP contribution in [0.1, 0.15) is 24.6 Å². The van der Waals surface area contributed by atoms with Gasteiger partial charge in [-0.25, -0.2) is 0 Å². The Hall–Kier alpha value is -2.33. The SMILES string of the molecule is CCc1ccc(-n2c(CCC(=O)O)ccc2-c2ccc(Br)cc2)cc1. The van der Waals surface area contributed by atoms with Crippen molar-refractivity contribution in [3.05, 3.63) is 76.4 Å². The van der Waals surface area contributed by atoms with Crippen molar-refractivity contribution in [3.8, 4) is 16.9 Å². The summed E-state index contributed by atoms with van der Waals surface area (Å²) in [6.07, 6.45) is 1.62. The van der Waals surface area contributed by atoms with Gasteiger partial charge < -0.3 is 9.67 Å². The third kappa shape index (κ3) is 4.02. The minimum Gasteiger partial charge on any atom is -0.481 e. The molecular weight excluding hydrogens is 378 g/mol. The molecule has 128 valence electrons. The molecule has 0 bridgehead atoms. The molecule has 3 nitrogen and oxygen atoms in total. The van der Waals surface area contributed by atoms with Gasteiger partial charge in [-0.15, -0.1) is 0 Å². The molecule has 0 radical (unpaired) electrons. The molecule has 3 aromatic rings. The van der Waals surface area contributed by atoms with Crippen LogP contribution in [-0.4, -0.2) is 15.6 Å². The van der Waals surface area contributed by atoms with E-state index in [1.54, 1.807) is 0 Å². The Kier molecular flexibility index (Phi) is 5.39. The first kappa shape index (κ1) is 17.5. The molecule has 0 aliphatic rings. The Morgan fingerprint density at radius 2 is 1.68 bits per heavy atom. The highest BCUT2D eigenvalue weighted by molar-refractivity contribution is 9.10. The zero-order valence-electron chi connectivity index (χ0n) is 14.1. The smallest absolute Gasteiger partial charge is 0.303 e. The third-order valence-electron chi connectivity index (χ3n) is 4.30. The number of hydrogen-bond acceptors (Lipinski definition) is 1. The molecule has 0 aliphatic heterocycles. The Labute approximate surface area is 156 Å². The van der Waals surface area contributed by atoms with Crippen molar-refractivity contribution in [1.82, 2.24) is 4.57 Å². The highest BCUT2D eigenvalue weighted by atomic mass is 79.9. The zero-order chi connectivity index (χ0) is 17.8. The number of hydrogen-bond donors (Lipinski definition) is 1. The Balaban J connectivity index is 2.08.